The Morgan fingerprint density at radius 3 is 2.85 bits per heavy atom. The molecule has 4 rings (SSSR count). The Morgan fingerprint density at radius 1 is 1.19 bits per heavy atom. The Bertz CT molecular complexity index is 906. The van der Waals surface area contributed by atoms with Gasteiger partial charge in [0.05, 0.1) is 12.1 Å². The number of aromatic nitrogens is 3. The van der Waals surface area contributed by atoms with Gasteiger partial charge < -0.3 is 20.7 Å². The minimum absolute atomic E-state index is 0.314. The number of methoxy groups -OCH3 is 1. The van der Waals surface area contributed by atoms with Crippen molar-refractivity contribution >= 4 is 33.5 Å². The minimum Gasteiger partial charge on any atom is -0.497 e. The zero-order chi connectivity index (χ0) is 17.9. The fourth-order valence-electron chi connectivity index (χ4n) is 3.15. The number of anilines is 2. The summed E-state index contributed by atoms with van der Waals surface area (Å²) in [5, 5.41) is 4.41. The van der Waals surface area contributed by atoms with E-state index in [4.69, 9.17) is 15.5 Å². The summed E-state index contributed by atoms with van der Waals surface area (Å²) in [6.07, 6.45) is 1.76. The van der Waals surface area contributed by atoms with Crippen molar-refractivity contribution in [3.8, 4) is 5.75 Å². The maximum Gasteiger partial charge on any atom is 0.223 e. The Hall–Kier alpha value is -2.45. The average Bonchev–Trinajstić information content (AvgIpc) is 3.09. The molecule has 1 aromatic carbocycles. The van der Waals surface area contributed by atoms with Crippen molar-refractivity contribution in [1.82, 2.24) is 20.3 Å². The third-order valence-corrected chi connectivity index (χ3v) is 5.49. The van der Waals surface area contributed by atoms with Crippen molar-refractivity contribution in [3.05, 3.63) is 34.8 Å². The van der Waals surface area contributed by atoms with Crippen molar-refractivity contribution in [3.63, 3.8) is 0 Å². The minimum atomic E-state index is 0.314. The van der Waals surface area contributed by atoms with Crippen molar-refractivity contribution in [2.24, 2.45) is 0 Å². The Kier molecular flexibility index (Phi) is 4.85. The van der Waals surface area contributed by atoms with Crippen molar-refractivity contribution < 1.29 is 4.74 Å². The molecule has 136 valence electrons. The molecular formula is C18H22N6OS. The van der Waals surface area contributed by atoms with Gasteiger partial charge in [-0.15, -0.1) is 0 Å². The molecule has 0 aliphatic carbocycles. The second kappa shape index (κ2) is 7.43. The van der Waals surface area contributed by atoms with E-state index in [0.29, 0.717) is 5.95 Å². The topological polar surface area (TPSA) is 89.2 Å². The molecule has 0 amide bonds. The Morgan fingerprint density at radius 2 is 2.04 bits per heavy atom. The first-order valence-electron chi connectivity index (χ1n) is 8.74. The van der Waals surface area contributed by atoms with Crippen molar-refractivity contribution in [2.75, 3.05) is 43.9 Å². The van der Waals surface area contributed by atoms with Crippen LogP contribution in [-0.2, 0) is 12.8 Å². The Balaban J connectivity index is 1.58. The second-order valence-corrected chi connectivity index (χ2v) is 7.32. The number of ether oxygens (including phenoxy) is 1. The first-order chi connectivity index (χ1) is 12.7. The van der Waals surface area contributed by atoms with Gasteiger partial charge in [0.25, 0.3) is 0 Å². The molecule has 0 atom stereocenters. The van der Waals surface area contributed by atoms with Gasteiger partial charge >= 0.3 is 0 Å². The molecule has 7 nitrogen and oxygen atoms in total. The monoisotopic (exact) mass is 370 g/mol. The summed E-state index contributed by atoms with van der Waals surface area (Å²) >= 11 is 1.60. The highest BCUT2D eigenvalue weighted by Gasteiger charge is 2.19. The fraction of sp³-hybridized carbons (Fsp3) is 0.389. The molecule has 0 spiro atoms. The third-order valence-electron chi connectivity index (χ3n) is 4.48. The van der Waals surface area contributed by atoms with Gasteiger partial charge in [-0.3, -0.25) is 0 Å². The Labute approximate surface area is 156 Å². The molecule has 8 heteroatoms. The molecule has 0 saturated carbocycles. The molecule has 1 fully saturated rings. The summed E-state index contributed by atoms with van der Waals surface area (Å²) in [4.78, 5) is 16.8. The van der Waals surface area contributed by atoms with Gasteiger partial charge in [0.2, 0.25) is 5.95 Å². The first kappa shape index (κ1) is 17.0. The highest BCUT2D eigenvalue weighted by atomic mass is 32.1. The van der Waals surface area contributed by atoms with Gasteiger partial charge in [-0.25, -0.2) is 9.97 Å². The number of nitrogens with two attached hydrogens (primary N) is 1. The summed E-state index contributed by atoms with van der Waals surface area (Å²) < 4.78 is 5.30. The van der Waals surface area contributed by atoms with Gasteiger partial charge in [-0.05, 0) is 24.1 Å². The molecule has 3 N–H and O–H groups in total. The third kappa shape index (κ3) is 3.56. The van der Waals surface area contributed by atoms with Gasteiger partial charge in [-0.2, -0.15) is 4.98 Å². The molecule has 1 aliphatic rings. The lowest BCUT2D eigenvalue weighted by Gasteiger charge is -2.28. The quantitative estimate of drug-likeness (QED) is 0.709. The molecule has 1 saturated heterocycles. The maximum atomic E-state index is 5.94. The predicted molar refractivity (Wildman–Crippen MR) is 105 cm³/mol. The van der Waals surface area contributed by atoms with E-state index in [1.165, 1.54) is 5.56 Å². The fourth-order valence-corrected chi connectivity index (χ4v) is 4.09. The number of thiazole rings is 1. The lowest BCUT2D eigenvalue weighted by atomic mass is 10.1. The number of aryl methyl sites for hydroxylation is 2. The highest BCUT2D eigenvalue weighted by Crippen LogP contribution is 2.29. The van der Waals surface area contributed by atoms with Gasteiger partial charge in [0.1, 0.15) is 11.3 Å². The van der Waals surface area contributed by atoms with Crippen LogP contribution in [0, 0.1) is 0 Å². The molecule has 1 aliphatic heterocycles. The van der Waals surface area contributed by atoms with Crippen LogP contribution in [0.1, 0.15) is 10.6 Å². The van der Waals surface area contributed by atoms with E-state index in [1.54, 1.807) is 18.4 Å². The zero-order valence-corrected chi connectivity index (χ0v) is 15.6. The first-order valence-corrected chi connectivity index (χ1v) is 9.56. The van der Waals surface area contributed by atoms with Crippen LogP contribution >= 0.6 is 11.3 Å². The number of hydrogen-bond acceptors (Lipinski definition) is 8. The highest BCUT2D eigenvalue weighted by molar-refractivity contribution is 7.18. The number of nitrogens with one attached hydrogen (secondary N) is 1. The number of nitrogens with zero attached hydrogens (tertiary/aromatic N) is 4. The summed E-state index contributed by atoms with van der Waals surface area (Å²) in [5.74, 6) is 2.05. The largest absolute Gasteiger partial charge is 0.497 e. The van der Waals surface area contributed by atoms with Crippen LogP contribution < -0.4 is 20.7 Å². The average molecular weight is 370 g/mol. The smallest absolute Gasteiger partial charge is 0.223 e. The molecule has 0 bridgehead atoms. The molecule has 0 unspecified atom stereocenters. The summed E-state index contributed by atoms with van der Waals surface area (Å²) in [6, 6.07) is 8.15. The number of rotatable bonds is 5. The SMILES string of the molecule is COc1cccc(CCc2nc3c(N4CCNCC4)nc(N)nc3s2)c1. The number of hydrogen-bond donors (Lipinski definition) is 2. The second-order valence-electron chi connectivity index (χ2n) is 6.26. The van der Waals surface area contributed by atoms with Crippen LogP contribution in [0.3, 0.4) is 0 Å². The lowest BCUT2D eigenvalue weighted by Crippen LogP contribution is -2.44. The standard InChI is InChI=1S/C18H22N6OS/c1-25-13-4-2-3-12(11-13)5-6-14-21-15-16(24-9-7-20-8-10-24)22-18(19)23-17(15)26-14/h2-4,11,20H,5-10H2,1H3,(H2,19,22,23). The van der Waals surface area contributed by atoms with Gasteiger partial charge in [0, 0.05) is 32.6 Å². The zero-order valence-electron chi connectivity index (χ0n) is 14.7. The van der Waals surface area contributed by atoms with Crippen LogP contribution in [0.4, 0.5) is 11.8 Å². The normalized spacial score (nSPS) is 14.7. The van der Waals surface area contributed by atoms with E-state index in [0.717, 1.165) is 65.9 Å². The van der Waals surface area contributed by atoms with Crippen LogP contribution in [-0.4, -0.2) is 48.2 Å². The van der Waals surface area contributed by atoms with E-state index in [9.17, 15) is 0 Å². The van der Waals surface area contributed by atoms with E-state index in [2.05, 4.69) is 32.3 Å². The van der Waals surface area contributed by atoms with E-state index < -0.39 is 0 Å². The maximum absolute atomic E-state index is 5.94. The van der Waals surface area contributed by atoms with E-state index >= 15 is 0 Å². The predicted octanol–water partition coefficient (Wildman–Crippen LogP) is 1.87. The molecular weight excluding hydrogens is 348 g/mol. The van der Waals surface area contributed by atoms with Gasteiger partial charge in [-0.1, -0.05) is 23.5 Å². The number of nitrogen functional groups attached to an aromatic ring is 1. The van der Waals surface area contributed by atoms with Crippen LogP contribution in [0.2, 0.25) is 0 Å². The van der Waals surface area contributed by atoms with Crippen molar-refractivity contribution in [2.45, 2.75) is 12.8 Å². The molecule has 3 heterocycles. The number of piperazine rings is 1. The molecule has 2 aromatic heterocycles. The van der Waals surface area contributed by atoms with Crippen LogP contribution in [0.15, 0.2) is 24.3 Å². The van der Waals surface area contributed by atoms with Crippen LogP contribution in [0.5, 0.6) is 5.75 Å². The summed E-state index contributed by atoms with van der Waals surface area (Å²) in [7, 11) is 1.69. The number of benzene rings is 1. The molecule has 26 heavy (non-hydrogen) atoms. The summed E-state index contributed by atoms with van der Waals surface area (Å²) in [6.45, 7) is 3.70. The molecule has 0 radical (unpaired) electrons. The van der Waals surface area contributed by atoms with E-state index in [1.807, 2.05) is 12.1 Å². The number of fused-ring (bicyclic) bond motifs is 1. The van der Waals surface area contributed by atoms with Gasteiger partial charge in [0.15, 0.2) is 10.6 Å². The molecule has 3 aromatic rings. The summed E-state index contributed by atoms with van der Waals surface area (Å²) in [5.41, 5.74) is 8.04. The van der Waals surface area contributed by atoms with Crippen LogP contribution in [0.25, 0.3) is 10.3 Å². The lowest BCUT2D eigenvalue weighted by molar-refractivity contribution is 0.414. The van der Waals surface area contributed by atoms with E-state index in [-0.39, 0.29) is 0 Å². The van der Waals surface area contributed by atoms with Crippen molar-refractivity contribution in [1.29, 1.82) is 0 Å².